The summed E-state index contributed by atoms with van der Waals surface area (Å²) in [6.07, 6.45) is 0. The normalized spacial score (nSPS) is 12.4. The summed E-state index contributed by atoms with van der Waals surface area (Å²) >= 11 is 0. The third-order valence-corrected chi connectivity index (χ3v) is 4.94. The number of fused-ring (bicyclic) bond motifs is 1. The number of hydrogen-bond acceptors (Lipinski definition) is 4. The monoisotopic (exact) mass is 395 g/mol. The fourth-order valence-corrected chi connectivity index (χ4v) is 3.36. The highest BCUT2D eigenvalue weighted by molar-refractivity contribution is 6.21. The van der Waals surface area contributed by atoms with Gasteiger partial charge in [-0.05, 0) is 47.5 Å². The summed E-state index contributed by atoms with van der Waals surface area (Å²) in [5.41, 5.74) is 3.38. The molecular formula is C24H17N3O3. The highest BCUT2D eigenvalue weighted by Gasteiger charge is 2.34. The molecule has 1 N–H and O–H groups in total. The lowest BCUT2D eigenvalue weighted by atomic mass is 10.1. The summed E-state index contributed by atoms with van der Waals surface area (Å²) in [4.78, 5) is 38.8. The Balaban J connectivity index is 1.44. The zero-order valence-corrected chi connectivity index (χ0v) is 16.0. The molecule has 0 aromatic heterocycles. The zero-order chi connectivity index (χ0) is 21.1. The molecule has 6 heteroatoms. The number of carbonyl (C=O) groups excluding carboxylic acids is 3. The Kier molecular flexibility index (Phi) is 5.10. The number of hydrogen-bond donors (Lipinski definition) is 1. The van der Waals surface area contributed by atoms with Crippen LogP contribution < -0.4 is 5.32 Å². The van der Waals surface area contributed by atoms with Crippen LogP contribution >= 0.6 is 0 Å². The predicted octanol–water partition coefficient (Wildman–Crippen LogP) is 3.28. The van der Waals surface area contributed by atoms with Crippen molar-refractivity contribution in [3.05, 3.63) is 106 Å². The first-order valence-corrected chi connectivity index (χ1v) is 9.38. The fraction of sp³-hybridized carbons (Fsp3) is 0.0833. The second-order valence-corrected chi connectivity index (χ2v) is 6.93. The van der Waals surface area contributed by atoms with Gasteiger partial charge in [0.15, 0.2) is 0 Å². The third-order valence-electron chi connectivity index (χ3n) is 4.94. The fourth-order valence-electron chi connectivity index (χ4n) is 3.36. The quantitative estimate of drug-likeness (QED) is 0.671. The molecular weight excluding hydrogens is 378 g/mol. The van der Waals surface area contributed by atoms with Crippen molar-refractivity contribution >= 4 is 17.7 Å². The third kappa shape index (κ3) is 3.69. The smallest absolute Gasteiger partial charge is 0.261 e. The molecule has 0 spiro atoms. The van der Waals surface area contributed by atoms with Crippen molar-refractivity contribution in [3.63, 3.8) is 0 Å². The first-order valence-electron chi connectivity index (χ1n) is 9.38. The number of nitrogens with one attached hydrogen (secondary N) is 1. The molecule has 1 aliphatic rings. The molecule has 1 aliphatic heterocycles. The second-order valence-electron chi connectivity index (χ2n) is 6.93. The van der Waals surface area contributed by atoms with Crippen LogP contribution in [0.25, 0.3) is 0 Å². The lowest BCUT2D eigenvalue weighted by Crippen LogP contribution is -2.29. The Morgan fingerprint density at radius 2 is 1.53 bits per heavy atom. The molecule has 0 saturated heterocycles. The van der Waals surface area contributed by atoms with Gasteiger partial charge in [0.05, 0.1) is 29.3 Å². The van der Waals surface area contributed by atoms with Crippen LogP contribution in [0, 0.1) is 11.3 Å². The van der Waals surface area contributed by atoms with Gasteiger partial charge in [-0.1, -0.05) is 36.4 Å². The van der Waals surface area contributed by atoms with Gasteiger partial charge >= 0.3 is 0 Å². The summed E-state index contributed by atoms with van der Waals surface area (Å²) in [6, 6.07) is 22.6. The van der Waals surface area contributed by atoms with Gasteiger partial charge in [-0.15, -0.1) is 0 Å². The standard InChI is InChI=1S/C24H17N3O3/c25-13-16-8-10-17(11-9-16)14-26-22(28)19-5-3-4-18(12-19)15-27-23(29)20-6-1-2-7-21(20)24(27)30/h1-12H,14-15H2,(H,26,28). The van der Waals surface area contributed by atoms with E-state index in [2.05, 4.69) is 11.4 Å². The van der Waals surface area contributed by atoms with Crippen molar-refractivity contribution in [1.29, 1.82) is 5.26 Å². The summed E-state index contributed by atoms with van der Waals surface area (Å²) in [5, 5.41) is 11.7. The maximum atomic E-state index is 12.5. The average Bonchev–Trinajstić information content (AvgIpc) is 3.03. The molecule has 0 radical (unpaired) electrons. The van der Waals surface area contributed by atoms with Gasteiger partial charge in [0.1, 0.15) is 0 Å². The number of amides is 3. The van der Waals surface area contributed by atoms with Crippen LogP contribution in [0.5, 0.6) is 0 Å². The number of carbonyl (C=O) groups is 3. The first kappa shape index (κ1) is 19.1. The topological polar surface area (TPSA) is 90.3 Å². The van der Waals surface area contributed by atoms with Gasteiger partial charge < -0.3 is 5.32 Å². The molecule has 6 nitrogen and oxygen atoms in total. The van der Waals surface area contributed by atoms with Crippen LogP contribution in [-0.4, -0.2) is 22.6 Å². The summed E-state index contributed by atoms with van der Waals surface area (Å²) in [6.45, 7) is 0.427. The van der Waals surface area contributed by atoms with Crippen molar-refractivity contribution in [2.45, 2.75) is 13.1 Å². The second kappa shape index (κ2) is 8.02. The van der Waals surface area contributed by atoms with Crippen molar-refractivity contribution in [2.24, 2.45) is 0 Å². The molecule has 3 aromatic carbocycles. The minimum atomic E-state index is -0.328. The van der Waals surface area contributed by atoms with E-state index < -0.39 is 0 Å². The Labute approximate surface area is 173 Å². The number of rotatable bonds is 5. The van der Waals surface area contributed by atoms with E-state index in [-0.39, 0.29) is 24.3 Å². The largest absolute Gasteiger partial charge is 0.348 e. The molecule has 0 aliphatic carbocycles. The van der Waals surface area contributed by atoms with Gasteiger partial charge in [0, 0.05) is 12.1 Å². The minimum Gasteiger partial charge on any atom is -0.348 e. The van der Waals surface area contributed by atoms with E-state index in [1.807, 2.05) is 0 Å². The Hall–Kier alpha value is -4.24. The molecule has 0 unspecified atom stereocenters. The van der Waals surface area contributed by atoms with Gasteiger partial charge in [-0.2, -0.15) is 5.26 Å². The number of imide groups is 1. The van der Waals surface area contributed by atoms with E-state index in [4.69, 9.17) is 5.26 Å². The molecule has 0 fully saturated rings. The molecule has 3 aromatic rings. The van der Waals surface area contributed by atoms with E-state index in [9.17, 15) is 14.4 Å². The maximum Gasteiger partial charge on any atom is 0.261 e. The molecule has 1 heterocycles. The molecule has 4 rings (SSSR count). The van der Waals surface area contributed by atoms with Crippen LogP contribution in [0.1, 0.15) is 47.8 Å². The highest BCUT2D eigenvalue weighted by Crippen LogP contribution is 2.24. The van der Waals surface area contributed by atoms with Crippen molar-refractivity contribution < 1.29 is 14.4 Å². The van der Waals surface area contributed by atoms with E-state index >= 15 is 0 Å². The highest BCUT2D eigenvalue weighted by atomic mass is 16.2. The number of nitrogens with zero attached hydrogens (tertiary/aromatic N) is 2. The minimum absolute atomic E-state index is 0.100. The van der Waals surface area contributed by atoms with Gasteiger partial charge in [0.2, 0.25) is 0 Å². The van der Waals surface area contributed by atoms with Gasteiger partial charge in [0.25, 0.3) is 17.7 Å². The molecule has 0 bridgehead atoms. The molecule has 3 amide bonds. The molecule has 0 saturated carbocycles. The van der Waals surface area contributed by atoms with Gasteiger partial charge in [-0.25, -0.2) is 0 Å². The van der Waals surface area contributed by atoms with Crippen LogP contribution in [0.4, 0.5) is 0 Å². The van der Waals surface area contributed by atoms with Crippen molar-refractivity contribution in [3.8, 4) is 6.07 Å². The number of benzene rings is 3. The van der Waals surface area contributed by atoms with Crippen LogP contribution in [0.15, 0.2) is 72.8 Å². The van der Waals surface area contributed by atoms with Crippen LogP contribution in [-0.2, 0) is 13.1 Å². The Morgan fingerprint density at radius 1 is 0.867 bits per heavy atom. The molecule has 146 valence electrons. The molecule has 30 heavy (non-hydrogen) atoms. The Bertz CT molecular complexity index is 1160. The Morgan fingerprint density at radius 3 is 2.17 bits per heavy atom. The summed E-state index contributed by atoms with van der Waals surface area (Å²) in [5.74, 6) is -0.916. The van der Waals surface area contributed by atoms with Crippen molar-refractivity contribution in [2.75, 3.05) is 0 Å². The summed E-state index contributed by atoms with van der Waals surface area (Å²) < 4.78 is 0. The van der Waals surface area contributed by atoms with Crippen LogP contribution in [0.3, 0.4) is 0 Å². The van der Waals surface area contributed by atoms with E-state index in [0.29, 0.717) is 34.4 Å². The lowest BCUT2D eigenvalue weighted by molar-refractivity contribution is 0.0642. The number of nitriles is 1. The predicted molar refractivity (Wildman–Crippen MR) is 109 cm³/mol. The average molecular weight is 395 g/mol. The van der Waals surface area contributed by atoms with E-state index in [1.54, 1.807) is 72.8 Å². The lowest BCUT2D eigenvalue weighted by Gasteiger charge is -2.14. The first-order chi connectivity index (χ1) is 14.6. The van der Waals surface area contributed by atoms with E-state index in [1.165, 1.54) is 4.90 Å². The van der Waals surface area contributed by atoms with E-state index in [0.717, 1.165) is 5.56 Å². The molecule has 0 atom stereocenters. The summed E-state index contributed by atoms with van der Waals surface area (Å²) in [7, 11) is 0. The maximum absolute atomic E-state index is 12.5. The zero-order valence-electron chi connectivity index (χ0n) is 16.0. The van der Waals surface area contributed by atoms with Gasteiger partial charge in [-0.3, -0.25) is 19.3 Å². The van der Waals surface area contributed by atoms with Crippen molar-refractivity contribution in [1.82, 2.24) is 10.2 Å². The SMILES string of the molecule is N#Cc1ccc(CNC(=O)c2cccc(CN3C(=O)c4ccccc4C3=O)c2)cc1. The van der Waals surface area contributed by atoms with Crippen LogP contribution in [0.2, 0.25) is 0 Å².